The number of amides is 1. The lowest BCUT2D eigenvalue weighted by atomic mass is 9.92. The number of rotatable bonds is 6. The summed E-state index contributed by atoms with van der Waals surface area (Å²) in [5.41, 5.74) is 0.224. The van der Waals surface area contributed by atoms with E-state index in [1.807, 2.05) is 0 Å². The molecule has 2 aliphatic carbocycles. The molecule has 152 valence electrons. The Labute approximate surface area is 160 Å². The van der Waals surface area contributed by atoms with Crippen LogP contribution >= 0.6 is 0 Å². The molecule has 0 spiro atoms. The van der Waals surface area contributed by atoms with Crippen molar-refractivity contribution in [2.45, 2.75) is 38.5 Å². The molecule has 3 fully saturated rings. The number of nitrogens with zero attached hydrogens (tertiary/aromatic N) is 1. The van der Waals surface area contributed by atoms with Crippen molar-refractivity contribution in [2.24, 2.45) is 23.2 Å². The van der Waals surface area contributed by atoms with E-state index in [1.54, 1.807) is 17.0 Å². The predicted molar refractivity (Wildman–Crippen MR) is 92.4 cm³/mol. The lowest BCUT2D eigenvalue weighted by molar-refractivity contribution is -0.274. The molecular weight excluding hydrogens is 375 g/mol. The van der Waals surface area contributed by atoms with Gasteiger partial charge in [0.2, 0.25) is 5.91 Å². The van der Waals surface area contributed by atoms with Crippen molar-refractivity contribution in [3.8, 4) is 5.75 Å². The first-order valence-corrected chi connectivity index (χ1v) is 9.54. The summed E-state index contributed by atoms with van der Waals surface area (Å²) in [6.45, 7) is 0.760. The number of benzene rings is 1. The lowest BCUT2D eigenvalue weighted by Gasteiger charge is -2.23. The normalized spacial score (nSPS) is 26.2. The van der Waals surface area contributed by atoms with Crippen molar-refractivity contribution < 1.29 is 32.6 Å². The van der Waals surface area contributed by atoms with Crippen molar-refractivity contribution in [1.82, 2.24) is 4.90 Å². The van der Waals surface area contributed by atoms with E-state index in [0.717, 1.165) is 31.2 Å². The first-order chi connectivity index (χ1) is 13.2. The average Bonchev–Trinajstić information content (AvgIpc) is 3.54. The number of aliphatic carboxylic acids is 1. The van der Waals surface area contributed by atoms with E-state index < -0.39 is 23.7 Å². The standard InChI is InChI=1S/C20H22F3NO4/c21-20(22,23)28-14-5-1-12(2-6-14)9-19(7-8-19)18(27)24-10-15(13-3-4-13)16(11-24)17(25)26/h1-2,5-6,13,15-16H,3-4,7-11H2,(H,25,26)/t15-,16+/m1/s1. The number of alkyl halides is 3. The summed E-state index contributed by atoms with van der Waals surface area (Å²) >= 11 is 0. The Morgan fingerprint density at radius 3 is 2.29 bits per heavy atom. The number of carboxylic acids is 1. The second kappa shape index (κ2) is 6.67. The summed E-state index contributed by atoms with van der Waals surface area (Å²) in [7, 11) is 0. The minimum atomic E-state index is -4.73. The van der Waals surface area contributed by atoms with Gasteiger partial charge in [0.05, 0.1) is 11.3 Å². The van der Waals surface area contributed by atoms with Gasteiger partial charge in [0.15, 0.2) is 0 Å². The van der Waals surface area contributed by atoms with Gasteiger partial charge in [-0.05, 0) is 61.6 Å². The Morgan fingerprint density at radius 1 is 1.14 bits per heavy atom. The number of carbonyl (C=O) groups excluding carboxylic acids is 1. The SMILES string of the molecule is O=C(O)[C@H]1CN(C(=O)C2(Cc3ccc(OC(F)(F)F)cc3)CC2)C[C@@H]1C1CC1. The molecule has 2 atom stereocenters. The quantitative estimate of drug-likeness (QED) is 0.798. The molecule has 1 aromatic carbocycles. The van der Waals surface area contributed by atoms with Crippen LogP contribution in [0.2, 0.25) is 0 Å². The molecule has 0 radical (unpaired) electrons. The Morgan fingerprint density at radius 2 is 1.79 bits per heavy atom. The highest BCUT2D eigenvalue weighted by molar-refractivity contribution is 5.87. The molecule has 3 aliphatic rings. The highest BCUT2D eigenvalue weighted by Gasteiger charge is 2.55. The van der Waals surface area contributed by atoms with Crippen molar-refractivity contribution in [2.75, 3.05) is 13.1 Å². The highest BCUT2D eigenvalue weighted by Crippen LogP contribution is 2.52. The molecule has 2 saturated carbocycles. The minimum Gasteiger partial charge on any atom is -0.481 e. The molecule has 0 unspecified atom stereocenters. The van der Waals surface area contributed by atoms with Crippen LogP contribution in [0, 0.1) is 23.2 Å². The molecule has 1 aliphatic heterocycles. The maximum atomic E-state index is 13.1. The van der Waals surface area contributed by atoms with Crippen molar-refractivity contribution in [1.29, 1.82) is 0 Å². The molecule has 1 N–H and O–H groups in total. The summed E-state index contributed by atoms with van der Waals surface area (Å²) < 4.78 is 40.7. The van der Waals surface area contributed by atoms with Gasteiger partial charge < -0.3 is 14.7 Å². The zero-order valence-electron chi connectivity index (χ0n) is 15.2. The number of carboxylic acid groups (broad SMARTS) is 1. The monoisotopic (exact) mass is 397 g/mol. The van der Waals surface area contributed by atoms with Crippen LogP contribution in [0.15, 0.2) is 24.3 Å². The molecule has 0 bridgehead atoms. The number of carbonyl (C=O) groups is 2. The molecule has 8 heteroatoms. The second-order valence-electron chi connectivity index (χ2n) is 8.31. The number of ether oxygens (including phenoxy) is 1. The molecule has 5 nitrogen and oxygen atoms in total. The zero-order chi connectivity index (χ0) is 20.1. The Hall–Kier alpha value is -2.25. The van der Waals surface area contributed by atoms with E-state index in [-0.39, 0.29) is 24.1 Å². The van der Waals surface area contributed by atoms with Crippen LogP contribution in [0.3, 0.4) is 0 Å². The van der Waals surface area contributed by atoms with Gasteiger partial charge in [-0.15, -0.1) is 13.2 Å². The summed E-state index contributed by atoms with van der Waals surface area (Å²) in [6.07, 6.45) is -0.782. The van der Waals surface area contributed by atoms with Crippen LogP contribution in [0.5, 0.6) is 5.75 Å². The third-order valence-corrected chi connectivity index (χ3v) is 6.20. The molecule has 0 aromatic heterocycles. The predicted octanol–water partition coefficient (Wildman–Crippen LogP) is 3.48. The molecule has 1 aromatic rings. The average molecular weight is 397 g/mol. The van der Waals surface area contributed by atoms with Gasteiger partial charge in [-0.3, -0.25) is 9.59 Å². The molecule has 28 heavy (non-hydrogen) atoms. The van der Waals surface area contributed by atoms with Crippen LogP contribution in [0.1, 0.15) is 31.2 Å². The Bertz CT molecular complexity index is 769. The number of hydrogen-bond acceptors (Lipinski definition) is 3. The fourth-order valence-corrected chi connectivity index (χ4v) is 4.41. The van der Waals surface area contributed by atoms with E-state index in [1.165, 1.54) is 12.1 Å². The first-order valence-electron chi connectivity index (χ1n) is 9.54. The van der Waals surface area contributed by atoms with E-state index in [2.05, 4.69) is 4.74 Å². The zero-order valence-corrected chi connectivity index (χ0v) is 15.2. The van der Waals surface area contributed by atoms with Crippen molar-refractivity contribution in [3.05, 3.63) is 29.8 Å². The highest BCUT2D eigenvalue weighted by atomic mass is 19.4. The van der Waals surface area contributed by atoms with E-state index >= 15 is 0 Å². The van der Waals surface area contributed by atoms with E-state index in [4.69, 9.17) is 0 Å². The van der Waals surface area contributed by atoms with Crippen LogP contribution in [-0.2, 0) is 16.0 Å². The van der Waals surface area contributed by atoms with Gasteiger partial charge in [0.25, 0.3) is 0 Å². The van der Waals surface area contributed by atoms with Gasteiger partial charge in [-0.1, -0.05) is 12.1 Å². The van der Waals surface area contributed by atoms with E-state index in [0.29, 0.717) is 18.9 Å². The second-order valence-corrected chi connectivity index (χ2v) is 8.31. The van der Waals surface area contributed by atoms with Crippen LogP contribution in [0.4, 0.5) is 13.2 Å². The Balaban J connectivity index is 1.41. The number of halogens is 3. The lowest BCUT2D eigenvalue weighted by Crippen LogP contribution is -2.37. The van der Waals surface area contributed by atoms with Gasteiger partial charge in [-0.25, -0.2) is 0 Å². The van der Waals surface area contributed by atoms with Gasteiger partial charge in [-0.2, -0.15) is 0 Å². The van der Waals surface area contributed by atoms with Crippen LogP contribution in [0.25, 0.3) is 0 Å². The molecule has 1 heterocycles. The van der Waals surface area contributed by atoms with Crippen molar-refractivity contribution >= 4 is 11.9 Å². The molecule has 1 amide bonds. The maximum Gasteiger partial charge on any atom is 0.573 e. The topological polar surface area (TPSA) is 66.8 Å². The van der Waals surface area contributed by atoms with Crippen LogP contribution < -0.4 is 4.74 Å². The summed E-state index contributed by atoms with van der Waals surface area (Å²) in [5.74, 6) is -1.18. The van der Waals surface area contributed by atoms with Gasteiger partial charge in [0.1, 0.15) is 5.75 Å². The third-order valence-electron chi connectivity index (χ3n) is 6.20. The number of hydrogen-bond donors (Lipinski definition) is 1. The fraction of sp³-hybridized carbons (Fsp3) is 0.600. The maximum absolute atomic E-state index is 13.1. The van der Waals surface area contributed by atoms with Crippen LogP contribution in [-0.4, -0.2) is 41.3 Å². The summed E-state index contributed by atoms with van der Waals surface area (Å²) in [5, 5.41) is 9.49. The van der Waals surface area contributed by atoms with E-state index in [9.17, 15) is 27.9 Å². The molecule has 4 rings (SSSR count). The largest absolute Gasteiger partial charge is 0.573 e. The molecule has 1 saturated heterocycles. The summed E-state index contributed by atoms with van der Waals surface area (Å²) in [6, 6.07) is 5.60. The summed E-state index contributed by atoms with van der Waals surface area (Å²) in [4.78, 5) is 26.4. The van der Waals surface area contributed by atoms with Crippen molar-refractivity contribution in [3.63, 3.8) is 0 Å². The smallest absolute Gasteiger partial charge is 0.481 e. The minimum absolute atomic E-state index is 0.0162. The van der Waals surface area contributed by atoms with Gasteiger partial charge in [0, 0.05) is 13.1 Å². The fourth-order valence-electron chi connectivity index (χ4n) is 4.41. The third kappa shape index (κ3) is 3.95. The molecular formula is C20H22F3NO4. The Kier molecular flexibility index (Phi) is 4.55. The number of likely N-dealkylation sites (tertiary alicyclic amines) is 1. The first kappa shape index (κ1) is 19.1. The van der Waals surface area contributed by atoms with Gasteiger partial charge >= 0.3 is 12.3 Å².